The normalized spacial score (nSPS) is 15.9. The van der Waals surface area contributed by atoms with Crippen LogP contribution in [0.4, 0.5) is 0 Å². The summed E-state index contributed by atoms with van der Waals surface area (Å²) in [4.78, 5) is 11.7. The van der Waals surface area contributed by atoms with E-state index in [1.165, 1.54) is 12.8 Å². The summed E-state index contributed by atoms with van der Waals surface area (Å²) in [6.07, 6.45) is 7.92. The molecule has 1 aromatic carbocycles. The van der Waals surface area contributed by atoms with Crippen LogP contribution in [0.5, 0.6) is 5.75 Å². The zero-order valence-electron chi connectivity index (χ0n) is 11.0. The van der Waals surface area contributed by atoms with E-state index in [9.17, 15) is 4.79 Å². The van der Waals surface area contributed by atoms with Gasteiger partial charge in [0.25, 0.3) is 0 Å². The molecule has 0 heterocycles. The third kappa shape index (κ3) is 4.00. The summed E-state index contributed by atoms with van der Waals surface area (Å²) >= 11 is 6.02. The molecule has 3 nitrogen and oxygen atoms in total. The first kappa shape index (κ1) is 13.9. The Kier molecular flexibility index (Phi) is 4.86. The zero-order chi connectivity index (χ0) is 13.7. The number of nitrogens with one attached hydrogen (secondary N) is 1. The molecule has 0 bridgehead atoms. The number of carbonyl (C=O) groups excluding carboxylic acids is 1. The fraction of sp³-hybridized carbons (Fsp3) is 0.400. The smallest absolute Gasteiger partial charge is 0.244 e. The molecule has 0 atom stereocenters. The number of rotatable bonds is 4. The van der Waals surface area contributed by atoms with Crippen LogP contribution in [0.1, 0.15) is 31.2 Å². The van der Waals surface area contributed by atoms with Gasteiger partial charge in [-0.05, 0) is 36.6 Å². The van der Waals surface area contributed by atoms with Gasteiger partial charge in [0.1, 0.15) is 5.75 Å². The Morgan fingerprint density at radius 1 is 1.42 bits per heavy atom. The average molecular weight is 280 g/mol. The molecule has 1 saturated carbocycles. The van der Waals surface area contributed by atoms with Crippen LogP contribution in [0.15, 0.2) is 24.3 Å². The summed E-state index contributed by atoms with van der Waals surface area (Å²) < 4.78 is 5.08. The SMILES string of the molecule is COc1ccc(/C=C/C(=O)NC2CCCC2)cc1Cl. The second-order valence-electron chi connectivity index (χ2n) is 4.72. The monoisotopic (exact) mass is 279 g/mol. The predicted octanol–water partition coefficient (Wildman–Crippen LogP) is 3.42. The number of benzene rings is 1. The molecule has 0 saturated heterocycles. The van der Waals surface area contributed by atoms with E-state index in [0.717, 1.165) is 18.4 Å². The van der Waals surface area contributed by atoms with Crippen molar-refractivity contribution in [3.05, 3.63) is 34.9 Å². The molecule has 102 valence electrons. The topological polar surface area (TPSA) is 38.3 Å². The van der Waals surface area contributed by atoms with Crippen molar-refractivity contribution < 1.29 is 9.53 Å². The van der Waals surface area contributed by atoms with Gasteiger partial charge in [-0.2, -0.15) is 0 Å². The Bertz CT molecular complexity index is 479. The molecule has 0 spiro atoms. The third-order valence-electron chi connectivity index (χ3n) is 3.30. The maximum atomic E-state index is 11.7. The lowest BCUT2D eigenvalue weighted by molar-refractivity contribution is -0.117. The molecule has 0 unspecified atom stereocenters. The Hall–Kier alpha value is -1.48. The molecule has 2 rings (SSSR count). The molecule has 0 aliphatic heterocycles. The largest absolute Gasteiger partial charge is 0.495 e. The number of methoxy groups -OCH3 is 1. The highest BCUT2D eigenvalue weighted by atomic mass is 35.5. The van der Waals surface area contributed by atoms with Gasteiger partial charge in [0, 0.05) is 12.1 Å². The van der Waals surface area contributed by atoms with Crippen molar-refractivity contribution in [2.24, 2.45) is 0 Å². The predicted molar refractivity (Wildman–Crippen MR) is 77.4 cm³/mol. The molecular formula is C15H18ClNO2. The second kappa shape index (κ2) is 6.62. The summed E-state index contributed by atoms with van der Waals surface area (Å²) in [6.45, 7) is 0. The first-order chi connectivity index (χ1) is 9.19. The maximum absolute atomic E-state index is 11.7. The third-order valence-corrected chi connectivity index (χ3v) is 3.60. The molecule has 0 radical (unpaired) electrons. The zero-order valence-corrected chi connectivity index (χ0v) is 11.7. The van der Waals surface area contributed by atoms with E-state index in [2.05, 4.69) is 5.32 Å². The van der Waals surface area contributed by atoms with Crippen LogP contribution in [0, 0.1) is 0 Å². The summed E-state index contributed by atoms with van der Waals surface area (Å²) in [5, 5.41) is 3.55. The van der Waals surface area contributed by atoms with Crippen molar-refractivity contribution in [1.29, 1.82) is 0 Å². The van der Waals surface area contributed by atoms with E-state index >= 15 is 0 Å². The highest BCUT2D eigenvalue weighted by Crippen LogP contribution is 2.25. The first-order valence-corrected chi connectivity index (χ1v) is 6.89. The molecule has 1 amide bonds. The average Bonchev–Trinajstić information content (AvgIpc) is 2.89. The molecule has 1 aromatic rings. The lowest BCUT2D eigenvalue weighted by atomic mass is 10.2. The van der Waals surface area contributed by atoms with Gasteiger partial charge in [-0.25, -0.2) is 0 Å². The molecule has 1 N–H and O–H groups in total. The minimum atomic E-state index is -0.0427. The highest BCUT2D eigenvalue weighted by Gasteiger charge is 2.15. The van der Waals surface area contributed by atoms with E-state index in [-0.39, 0.29) is 5.91 Å². The van der Waals surface area contributed by atoms with Gasteiger partial charge in [0.05, 0.1) is 12.1 Å². The molecule has 1 aliphatic rings. The van der Waals surface area contributed by atoms with Crippen molar-refractivity contribution in [3.63, 3.8) is 0 Å². The van der Waals surface area contributed by atoms with Crippen LogP contribution in [0.2, 0.25) is 5.02 Å². The number of ether oxygens (including phenoxy) is 1. The second-order valence-corrected chi connectivity index (χ2v) is 5.12. The fourth-order valence-electron chi connectivity index (χ4n) is 2.28. The Morgan fingerprint density at radius 3 is 2.79 bits per heavy atom. The van der Waals surface area contributed by atoms with E-state index in [1.54, 1.807) is 31.4 Å². The molecule has 1 fully saturated rings. The molecule has 0 aromatic heterocycles. The van der Waals surface area contributed by atoms with E-state index in [0.29, 0.717) is 16.8 Å². The number of amides is 1. The molecule has 19 heavy (non-hydrogen) atoms. The molecule has 4 heteroatoms. The minimum Gasteiger partial charge on any atom is -0.495 e. The first-order valence-electron chi connectivity index (χ1n) is 6.51. The standard InChI is InChI=1S/C15H18ClNO2/c1-19-14-8-6-11(10-13(14)16)7-9-15(18)17-12-4-2-3-5-12/h6-10,12H,2-5H2,1H3,(H,17,18)/b9-7+. The van der Waals surface area contributed by atoms with Gasteiger partial charge in [-0.3, -0.25) is 4.79 Å². The number of hydrogen-bond acceptors (Lipinski definition) is 2. The number of carbonyl (C=O) groups is 1. The van der Waals surface area contributed by atoms with Gasteiger partial charge < -0.3 is 10.1 Å². The molecule has 1 aliphatic carbocycles. The summed E-state index contributed by atoms with van der Waals surface area (Å²) in [6, 6.07) is 5.78. The molecular weight excluding hydrogens is 262 g/mol. The van der Waals surface area contributed by atoms with Crippen LogP contribution in [0.25, 0.3) is 6.08 Å². The van der Waals surface area contributed by atoms with Gasteiger partial charge in [-0.15, -0.1) is 0 Å². The van der Waals surface area contributed by atoms with Gasteiger partial charge >= 0.3 is 0 Å². The van der Waals surface area contributed by atoms with E-state index in [4.69, 9.17) is 16.3 Å². The van der Waals surface area contributed by atoms with Crippen LogP contribution in [-0.4, -0.2) is 19.1 Å². The van der Waals surface area contributed by atoms with Crippen molar-refractivity contribution in [2.45, 2.75) is 31.7 Å². The number of halogens is 1. The van der Waals surface area contributed by atoms with Crippen molar-refractivity contribution in [1.82, 2.24) is 5.32 Å². The summed E-state index contributed by atoms with van der Waals surface area (Å²) in [5.41, 5.74) is 0.882. The van der Waals surface area contributed by atoms with E-state index in [1.807, 2.05) is 6.07 Å². The van der Waals surface area contributed by atoms with Crippen molar-refractivity contribution >= 4 is 23.6 Å². The Labute approximate surface area is 118 Å². The fourth-order valence-corrected chi connectivity index (χ4v) is 2.54. The highest BCUT2D eigenvalue weighted by molar-refractivity contribution is 6.32. The van der Waals surface area contributed by atoms with Gasteiger partial charge in [-0.1, -0.05) is 30.5 Å². The van der Waals surface area contributed by atoms with Crippen LogP contribution in [-0.2, 0) is 4.79 Å². The van der Waals surface area contributed by atoms with E-state index < -0.39 is 0 Å². The Morgan fingerprint density at radius 2 is 2.16 bits per heavy atom. The van der Waals surface area contributed by atoms with Gasteiger partial charge in [0.15, 0.2) is 0 Å². The van der Waals surface area contributed by atoms with Crippen molar-refractivity contribution in [2.75, 3.05) is 7.11 Å². The van der Waals surface area contributed by atoms with Crippen LogP contribution >= 0.6 is 11.6 Å². The van der Waals surface area contributed by atoms with Crippen molar-refractivity contribution in [3.8, 4) is 5.75 Å². The summed E-state index contributed by atoms with van der Waals surface area (Å²) in [7, 11) is 1.58. The summed E-state index contributed by atoms with van der Waals surface area (Å²) in [5.74, 6) is 0.591. The van der Waals surface area contributed by atoms with Crippen LogP contribution < -0.4 is 10.1 Å². The number of hydrogen-bond donors (Lipinski definition) is 1. The maximum Gasteiger partial charge on any atom is 0.244 e. The lowest BCUT2D eigenvalue weighted by Gasteiger charge is -2.09. The Balaban J connectivity index is 1.93. The quantitative estimate of drug-likeness (QED) is 0.858. The van der Waals surface area contributed by atoms with Gasteiger partial charge in [0.2, 0.25) is 5.91 Å². The van der Waals surface area contributed by atoms with Crippen LogP contribution in [0.3, 0.4) is 0 Å². The lowest BCUT2D eigenvalue weighted by Crippen LogP contribution is -2.30. The minimum absolute atomic E-state index is 0.0427.